The second-order valence-electron chi connectivity index (χ2n) is 4.83. The van der Waals surface area contributed by atoms with Gasteiger partial charge in [0.05, 0.1) is 16.8 Å². The minimum atomic E-state index is 0.673. The molecule has 0 radical (unpaired) electrons. The fourth-order valence-electron chi connectivity index (χ4n) is 2.26. The van der Waals surface area contributed by atoms with Gasteiger partial charge in [-0.3, -0.25) is 4.68 Å². The Morgan fingerprint density at radius 1 is 1.13 bits per heavy atom. The van der Waals surface area contributed by atoms with Gasteiger partial charge in [0.1, 0.15) is 10.7 Å². The average Bonchev–Trinajstić information content (AvgIpc) is 2.87. The average molecular weight is 344 g/mol. The SMILES string of the molecule is Cn1nc(-c2ccccc2)c(/C=N/O)c1Sc1ccccc1Cl. The minimum Gasteiger partial charge on any atom is -0.411 e. The van der Waals surface area contributed by atoms with E-state index in [0.29, 0.717) is 5.02 Å². The van der Waals surface area contributed by atoms with Gasteiger partial charge in [0.25, 0.3) is 0 Å². The lowest BCUT2D eigenvalue weighted by Gasteiger charge is -2.05. The molecule has 0 atom stereocenters. The molecule has 0 aliphatic heterocycles. The number of hydrogen-bond donors (Lipinski definition) is 1. The van der Waals surface area contributed by atoms with Gasteiger partial charge in [0.2, 0.25) is 0 Å². The van der Waals surface area contributed by atoms with Crippen molar-refractivity contribution >= 4 is 29.6 Å². The topological polar surface area (TPSA) is 50.4 Å². The van der Waals surface area contributed by atoms with Crippen LogP contribution in [-0.2, 0) is 7.05 Å². The molecule has 4 nitrogen and oxygen atoms in total. The Labute approximate surface area is 143 Å². The van der Waals surface area contributed by atoms with Crippen molar-refractivity contribution in [2.75, 3.05) is 0 Å². The Morgan fingerprint density at radius 3 is 2.52 bits per heavy atom. The van der Waals surface area contributed by atoms with E-state index >= 15 is 0 Å². The van der Waals surface area contributed by atoms with Gasteiger partial charge < -0.3 is 5.21 Å². The molecule has 1 N–H and O–H groups in total. The summed E-state index contributed by atoms with van der Waals surface area (Å²) in [4.78, 5) is 0.921. The van der Waals surface area contributed by atoms with Crippen LogP contribution in [0.1, 0.15) is 5.56 Å². The molecule has 3 rings (SSSR count). The van der Waals surface area contributed by atoms with Crippen molar-refractivity contribution in [1.29, 1.82) is 0 Å². The number of nitrogens with zero attached hydrogens (tertiary/aromatic N) is 3. The number of aromatic nitrogens is 2. The van der Waals surface area contributed by atoms with E-state index in [-0.39, 0.29) is 0 Å². The number of halogens is 1. The Hall–Kier alpha value is -2.24. The maximum atomic E-state index is 9.04. The standard InChI is InChI=1S/C17H14ClN3OS/c1-21-17(23-15-10-6-5-9-14(15)18)13(11-19-22)16(20-21)12-7-3-2-4-8-12/h2-11,22H,1H3/b19-11+. The zero-order valence-electron chi connectivity index (χ0n) is 12.3. The van der Waals surface area contributed by atoms with E-state index in [0.717, 1.165) is 26.7 Å². The number of hydrogen-bond acceptors (Lipinski definition) is 4. The van der Waals surface area contributed by atoms with Crippen molar-refractivity contribution in [1.82, 2.24) is 9.78 Å². The summed E-state index contributed by atoms with van der Waals surface area (Å²) < 4.78 is 1.77. The van der Waals surface area contributed by atoms with Gasteiger partial charge in [-0.2, -0.15) is 5.10 Å². The molecule has 3 aromatic rings. The van der Waals surface area contributed by atoms with Crippen LogP contribution in [0, 0.1) is 0 Å². The Morgan fingerprint density at radius 2 is 1.83 bits per heavy atom. The van der Waals surface area contributed by atoms with Crippen molar-refractivity contribution in [2.24, 2.45) is 12.2 Å². The summed E-state index contributed by atoms with van der Waals surface area (Å²) in [5.41, 5.74) is 2.48. The zero-order valence-corrected chi connectivity index (χ0v) is 13.9. The number of oxime groups is 1. The van der Waals surface area contributed by atoms with Crippen molar-refractivity contribution in [3.63, 3.8) is 0 Å². The maximum Gasteiger partial charge on any atom is 0.108 e. The number of rotatable bonds is 4. The van der Waals surface area contributed by atoms with Gasteiger partial charge in [-0.1, -0.05) is 71.0 Å². The summed E-state index contributed by atoms with van der Waals surface area (Å²) in [7, 11) is 1.86. The first-order chi connectivity index (χ1) is 11.2. The Kier molecular flexibility index (Phi) is 4.69. The predicted octanol–water partition coefficient (Wildman–Crippen LogP) is 4.70. The molecule has 6 heteroatoms. The normalized spacial score (nSPS) is 11.2. The van der Waals surface area contributed by atoms with Crippen molar-refractivity contribution in [2.45, 2.75) is 9.92 Å². The molecule has 0 fully saturated rings. The number of benzene rings is 2. The van der Waals surface area contributed by atoms with Gasteiger partial charge in [-0.15, -0.1) is 0 Å². The lowest BCUT2D eigenvalue weighted by atomic mass is 10.1. The van der Waals surface area contributed by atoms with Gasteiger partial charge in [-0.25, -0.2) is 0 Å². The van der Waals surface area contributed by atoms with E-state index in [9.17, 15) is 0 Å². The van der Waals surface area contributed by atoms with Crippen molar-refractivity contribution in [3.05, 3.63) is 65.2 Å². The molecule has 116 valence electrons. The summed E-state index contributed by atoms with van der Waals surface area (Å²) in [6, 6.07) is 17.4. The highest BCUT2D eigenvalue weighted by molar-refractivity contribution is 7.99. The van der Waals surface area contributed by atoms with E-state index in [1.807, 2.05) is 61.6 Å². The monoisotopic (exact) mass is 343 g/mol. The summed E-state index contributed by atoms with van der Waals surface area (Å²) >= 11 is 7.74. The van der Waals surface area contributed by atoms with Crippen LogP contribution in [0.2, 0.25) is 5.02 Å². The molecule has 0 unspecified atom stereocenters. The largest absolute Gasteiger partial charge is 0.411 e. The number of aryl methyl sites for hydroxylation is 1. The summed E-state index contributed by atoms with van der Waals surface area (Å²) in [5.74, 6) is 0. The van der Waals surface area contributed by atoms with Crippen LogP contribution >= 0.6 is 23.4 Å². The molecule has 0 aliphatic carbocycles. The predicted molar refractivity (Wildman–Crippen MR) is 93.6 cm³/mol. The van der Waals surface area contributed by atoms with Gasteiger partial charge in [-0.05, 0) is 12.1 Å². The molecular formula is C17H14ClN3OS. The van der Waals surface area contributed by atoms with Crippen LogP contribution in [0.4, 0.5) is 0 Å². The quantitative estimate of drug-likeness (QED) is 0.424. The molecule has 0 spiro atoms. The lowest BCUT2D eigenvalue weighted by Crippen LogP contribution is -1.93. The summed E-state index contributed by atoms with van der Waals surface area (Å²) in [6.45, 7) is 0. The van der Waals surface area contributed by atoms with Gasteiger partial charge >= 0.3 is 0 Å². The fraction of sp³-hybridized carbons (Fsp3) is 0.0588. The van der Waals surface area contributed by atoms with Crippen LogP contribution in [0.5, 0.6) is 0 Å². The fourth-order valence-corrected chi connectivity index (χ4v) is 3.47. The van der Waals surface area contributed by atoms with E-state index in [4.69, 9.17) is 16.8 Å². The molecule has 0 saturated carbocycles. The van der Waals surface area contributed by atoms with Crippen LogP contribution in [0.25, 0.3) is 11.3 Å². The molecule has 2 aromatic carbocycles. The van der Waals surface area contributed by atoms with Gasteiger partial charge in [0.15, 0.2) is 0 Å². The molecule has 0 saturated heterocycles. The van der Waals surface area contributed by atoms with E-state index in [1.54, 1.807) is 4.68 Å². The summed E-state index contributed by atoms with van der Waals surface area (Å²) in [5, 5.41) is 18.4. The van der Waals surface area contributed by atoms with E-state index in [2.05, 4.69) is 10.3 Å². The molecule has 1 aromatic heterocycles. The summed E-state index contributed by atoms with van der Waals surface area (Å²) in [6.07, 6.45) is 1.41. The third-order valence-corrected chi connectivity index (χ3v) is 5.00. The third-order valence-electron chi connectivity index (χ3n) is 3.31. The smallest absolute Gasteiger partial charge is 0.108 e. The molecule has 1 heterocycles. The highest BCUT2D eigenvalue weighted by atomic mass is 35.5. The van der Waals surface area contributed by atoms with Crippen LogP contribution in [0.15, 0.2) is 69.7 Å². The maximum absolute atomic E-state index is 9.04. The third kappa shape index (κ3) is 3.25. The van der Waals surface area contributed by atoms with Crippen LogP contribution in [-0.4, -0.2) is 21.2 Å². The zero-order chi connectivity index (χ0) is 16.2. The lowest BCUT2D eigenvalue weighted by molar-refractivity contribution is 0.321. The van der Waals surface area contributed by atoms with Crippen molar-refractivity contribution < 1.29 is 5.21 Å². The molecule has 23 heavy (non-hydrogen) atoms. The minimum absolute atomic E-state index is 0.673. The Bertz CT molecular complexity index is 846. The molecule has 0 amide bonds. The van der Waals surface area contributed by atoms with Crippen molar-refractivity contribution in [3.8, 4) is 11.3 Å². The Balaban J connectivity index is 2.10. The van der Waals surface area contributed by atoms with E-state index in [1.165, 1.54) is 18.0 Å². The van der Waals surface area contributed by atoms with Crippen LogP contribution < -0.4 is 0 Å². The first-order valence-electron chi connectivity index (χ1n) is 6.93. The second-order valence-corrected chi connectivity index (χ2v) is 6.27. The van der Waals surface area contributed by atoms with Gasteiger partial charge in [0, 0.05) is 17.5 Å². The second kappa shape index (κ2) is 6.89. The molecule has 0 bridgehead atoms. The first-order valence-corrected chi connectivity index (χ1v) is 8.12. The molecular weight excluding hydrogens is 330 g/mol. The highest BCUT2D eigenvalue weighted by Crippen LogP contribution is 2.37. The highest BCUT2D eigenvalue weighted by Gasteiger charge is 2.18. The van der Waals surface area contributed by atoms with Crippen LogP contribution in [0.3, 0.4) is 0 Å². The molecule has 0 aliphatic rings. The first kappa shape index (κ1) is 15.6. The van der Waals surface area contributed by atoms with E-state index < -0.39 is 0 Å².